The summed E-state index contributed by atoms with van der Waals surface area (Å²) in [4.78, 5) is 12.3. The highest BCUT2D eigenvalue weighted by Crippen LogP contribution is 2.54. The van der Waals surface area contributed by atoms with Crippen LogP contribution in [0.4, 0.5) is 16.2 Å². The number of rotatable bonds is 3. The Morgan fingerprint density at radius 1 is 1.21 bits per heavy atom. The van der Waals surface area contributed by atoms with Gasteiger partial charge in [0.25, 0.3) is 0 Å². The molecular weight excluding hydrogens is 368 g/mol. The second-order valence-electron chi connectivity index (χ2n) is 8.71. The highest BCUT2D eigenvalue weighted by molar-refractivity contribution is 5.85. The quantitative estimate of drug-likeness (QED) is 0.779. The number of fused-ring (bicyclic) bond motifs is 3. The molecule has 1 amide bonds. The average Bonchev–Trinajstić information content (AvgIpc) is 3.17. The molecule has 2 aliphatic heterocycles. The molecule has 0 aromatic heterocycles. The maximum Gasteiger partial charge on any atom is 0.412 e. The third-order valence-electron chi connectivity index (χ3n) is 5.50. The normalized spacial score (nSPS) is 22.4. The summed E-state index contributed by atoms with van der Waals surface area (Å²) in [6.07, 6.45) is 0.170. The molecule has 2 aromatic rings. The number of amides is 1. The van der Waals surface area contributed by atoms with E-state index in [1.54, 1.807) is 7.11 Å². The van der Waals surface area contributed by atoms with Crippen LogP contribution in [0.3, 0.4) is 0 Å². The lowest BCUT2D eigenvalue weighted by molar-refractivity contribution is 0.0636. The van der Waals surface area contributed by atoms with E-state index in [4.69, 9.17) is 14.2 Å². The van der Waals surface area contributed by atoms with Crippen molar-refractivity contribution in [2.45, 2.75) is 51.4 Å². The summed E-state index contributed by atoms with van der Waals surface area (Å²) in [6.45, 7) is 8.27. The Morgan fingerprint density at radius 2 is 2.00 bits per heavy atom. The molecule has 2 aliphatic rings. The molecule has 6 nitrogen and oxygen atoms in total. The summed E-state index contributed by atoms with van der Waals surface area (Å²) in [6, 6.07) is 12.1. The lowest BCUT2D eigenvalue weighted by atomic mass is 9.72. The number of hydrogen-bond acceptors (Lipinski definition) is 5. The Bertz CT molecular complexity index is 950. The average molecular weight is 396 g/mol. The third-order valence-corrected chi connectivity index (χ3v) is 5.50. The van der Waals surface area contributed by atoms with E-state index in [0.717, 1.165) is 23.4 Å². The van der Waals surface area contributed by atoms with Gasteiger partial charge in [-0.3, -0.25) is 5.32 Å². The van der Waals surface area contributed by atoms with E-state index in [1.807, 2.05) is 39.0 Å². The summed E-state index contributed by atoms with van der Waals surface area (Å²) in [5, 5.41) is 6.36. The van der Waals surface area contributed by atoms with Crippen molar-refractivity contribution in [1.29, 1.82) is 0 Å². The van der Waals surface area contributed by atoms with Gasteiger partial charge in [-0.25, -0.2) is 4.79 Å². The first-order valence-corrected chi connectivity index (χ1v) is 9.91. The number of anilines is 2. The van der Waals surface area contributed by atoms with Crippen molar-refractivity contribution in [2.75, 3.05) is 24.4 Å². The smallest absolute Gasteiger partial charge is 0.412 e. The van der Waals surface area contributed by atoms with Crippen molar-refractivity contribution >= 4 is 17.5 Å². The van der Waals surface area contributed by atoms with Crippen LogP contribution >= 0.6 is 0 Å². The monoisotopic (exact) mass is 396 g/mol. The van der Waals surface area contributed by atoms with E-state index < -0.39 is 11.7 Å². The van der Waals surface area contributed by atoms with Crippen molar-refractivity contribution in [3.63, 3.8) is 0 Å². The van der Waals surface area contributed by atoms with E-state index in [2.05, 4.69) is 35.8 Å². The maximum atomic E-state index is 12.3. The van der Waals surface area contributed by atoms with Gasteiger partial charge in [0.2, 0.25) is 0 Å². The summed E-state index contributed by atoms with van der Waals surface area (Å²) in [5.41, 5.74) is 4.19. The number of methoxy groups -OCH3 is 1. The molecule has 0 spiro atoms. The third kappa shape index (κ3) is 3.42. The fourth-order valence-corrected chi connectivity index (χ4v) is 4.32. The second-order valence-corrected chi connectivity index (χ2v) is 8.71. The summed E-state index contributed by atoms with van der Waals surface area (Å²) in [7, 11) is 1.67. The van der Waals surface area contributed by atoms with Crippen LogP contribution in [0.5, 0.6) is 5.75 Å². The van der Waals surface area contributed by atoms with Gasteiger partial charge >= 0.3 is 6.09 Å². The minimum Gasteiger partial charge on any atom is -0.496 e. The highest BCUT2D eigenvalue weighted by Gasteiger charge is 2.54. The number of ether oxygens (including phenoxy) is 3. The van der Waals surface area contributed by atoms with Crippen LogP contribution in [0.1, 0.15) is 43.9 Å². The Labute approximate surface area is 171 Å². The molecule has 154 valence electrons. The van der Waals surface area contributed by atoms with Gasteiger partial charge in [0.15, 0.2) is 0 Å². The molecule has 2 atom stereocenters. The van der Waals surface area contributed by atoms with Crippen LogP contribution in [0.2, 0.25) is 0 Å². The van der Waals surface area contributed by atoms with Crippen LogP contribution < -0.4 is 15.4 Å². The molecule has 29 heavy (non-hydrogen) atoms. The van der Waals surface area contributed by atoms with E-state index in [-0.39, 0.29) is 11.6 Å². The lowest BCUT2D eigenvalue weighted by Gasteiger charge is -2.31. The number of benzene rings is 2. The zero-order valence-corrected chi connectivity index (χ0v) is 17.6. The Morgan fingerprint density at radius 3 is 2.72 bits per heavy atom. The highest BCUT2D eigenvalue weighted by atomic mass is 16.6. The van der Waals surface area contributed by atoms with E-state index in [0.29, 0.717) is 12.3 Å². The largest absolute Gasteiger partial charge is 0.496 e. The van der Waals surface area contributed by atoms with Gasteiger partial charge in [0.05, 0.1) is 19.1 Å². The molecule has 2 heterocycles. The number of nitrogens with one attached hydrogen (secondary N) is 2. The maximum absolute atomic E-state index is 12.3. The van der Waals surface area contributed by atoms with Crippen molar-refractivity contribution in [2.24, 2.45) is 0 Å². The standard InChI is InChI=1S/C23H28N2O4/c1-14-6-8-18-16(12-14)23(10-11-28-20(23)25-18)17-13-15(7-9-19(17)27-5)24-21(26)29-22(2,3)4/h6-9,12-13,20,25H,10-11H2,1-5H3,(H,24,26)/t20?,23-/m1/s1. The molecule has 2 aromatic carbocycles. The van der Waals surface area contributed by atoms with E-state index in [9.17, 15) is 4.79 Å². The SMILES string of the molecule is COc1ccc(NC(=O)OC(C)(C)C)cc1[C@]12CCOC1Nc1ccc(C)cc12. The van der Waals surface area contributed by atoms with E-state index in [1.165, 1.54) is 11.1 Å². The molecular formula is C23H28N2O4. The second kappa shape index (κ2) is 6.95. The van der Waals surface area contributed by atoms with Gasteiger partial charge < -0.3 is 19.5 Å². The number of hydrogen-bond donors (Lipinski definition) is 2. The van der Waals surface area contributed by atoms with Crippen molar-refractivity contribution in [3.8, 4) is 5.75 Å². The number of carbonyl (C=O) groups excluding carboxylic acids is 1. The van der Waals surface area contributed by atoms with Crippen LogP contribution in [-0.2, 0) is 14.9 Å². The van der Waals surface area contributed by atoms with Crippen LogP contribution in [-0.4, -0.2) is 31.6 Å². The summed E-state index contributed by atoms with van der Waals surface area (Å²) < 4.78 is 17.2. The van der Waals surface area contributed by atoms with Gasteiger partial charge in [-0.1, -0.05) is 17.7 Å². The Kier molecular flexibility index (Phi) is 4.69. The van der Waals surface area contributed by atoms with Crippen molar-refractivity contribution in [1.82, 2.24) is 0 Å². The predicted octanol–water partition coefficient (Wildman–Crippen LogP) is 4.81. The first-order chi connectivity index (χ1) is 13.7. The summed E-state index contributed by atoms with van der Waals surface area (Å²) in [5.74, 6) is 0.770. The molecule has 1 saturated heterocycles. The van der Waals surface area contributed by atoms with Crippen LogP contribution in [0.25, 0.3) is 0 Å². The van der Waals surface area contributed by atoms with Crippen LogP contribution in [0.15, 0.2) is 36.4 Å². The van der Waals surface area contributed by atoms with Crippen LogP contribution in [0, 0.1) is 6.92 Å². The van der Waals surface area contributed by atoms with Gasteiger partial charge in [-0.15, -0.1) is 0 Å². The molecule has 0 bridgehead atoms. The Balaban J connectivity index is 1.78. The van der Waals surface area contributed by atoms with Gasteiger partial charge in [-0.2, -0.15) is 0 Å². The number of aryl methyl sites for hydroxylation is 1. The van der Waals surface area contributed by atoms with E-state index >= 15 is 0 Å². The minimum atomic E-state index is -0.561. The molecule has 1 fully saturated rings. The minimum absolute atomic E-state index is 0.176. The first-order valence-electron chi connectivity index (χ1n) is 9.91. The molecule has 0 saturated carbocycles. The predicted molar refractivity (Wildman–Crippen MR) is 113 cm³/mol. The fourth-order valence-electron chi connectivity index (χ4n) is 4.32. The van der Waals surface area contributed by atoms with Crippen molar-refractivity contribution in [3.05, 3.63) is 53.1 Å². The molecule has 6 heteroatoms. The topological polar surface area (TPSA) is 68.8 Å². The zero-order chi connectivity index (χ0) is 20.8. The summed E-state index contributed by atoms with van der Waals surface area (Å²) >= 11 is 0. The Hall–Kier alpha value is -2.73. The lowest BCUT2D eigenvalue weighted by Crippen LogP contribution is -2.36. The molecule has 4 rings (SSSR count). The fraction of sp³-hybridized carbons (Fsp3) is 0.435. The molecule has 2 N–H and O–H groups in total. The first kappa shape index (κ1) is 19.6. The number of carbonyl (C=O) groups is 1. The van der Waals surface area contributed by atoms with Gasteiger partial charge in [0.1, 0.15) is 17.6 Å². The van der Waals surface area contributed by atoms with Gasteiger partial charge in [-0.05, 0) is 63.9 Å². The molecule has 1 unspecified atom stereocenters. The van der Waals surface area contributed by atoms with Gasteiger partial charge in [0, 0.05) is 16.9 Å². The van der Waals surface area contributed by atoms with Crippen molar-refractivity contribution < 1.29 is 19.0 Å². The molecule has 0 aliphatic carbocycles. The zero-order valence-electron chi connectivity index (χ0n) is 17.6. The molecule has 0 radical (unpaired) electrons.